The molecule has 0 aromatic heterocycles. The quantitative estimate of drug-likeness (QED) is 0.828. The normalized spacial score (nSPS) is 12.3. The van der Waals surface area contributed by atoms with Crippen molar-refractivity contribution in [3.8, 4) is 0 Å². The fourth-order valence-corrected chi connectivity index (χ4v) is 1.20. The first kappa shape index (κ1) is 11.5. The molecular weight excluding hydrogens is 272 g/mol. The molecule has 14 heavy (non-hydrogen) atoms. The second-order valence-corrected chi connectivity index (χ2v) is 4.57. The third-order valence-electron chi connectivity index (χ3n) is 1.49. The van der Waals surface area contributed by atoms with E-state index in [-0.39, 0.29) is 15.8 Å². The fraction of sp³-hybridized carbons (Fsp3) is 0.222. The first-order valence-corrected chi connectivity index (χ1v) is 5.19. The summed E-state index contributed by atoms with van der Waals surface area (Å²) in [6.45, 7) is 1.68. The van der Waals surface area contributed by atoms with Crippen LogP contribution in [-0.2, 0) is 4.79 Å². The number of alkyl halides is 1. The van der Waals surface area contributed by atoms with Crippen molar-refractivity contribution in [3.05, 3.63) is 29.0 Å². The van der Waals surface area contributed by atoms with Crippen LogP contribution in [0.15, 0.2) is 18.2 Å². The molecule has 1 aromatic rings. The minimum atomic E-state index is -0.477. The van der Waals surface area contributed by atoms with Gasteiger partial charge in [0.1, 0.15) is 5.82 Å². The van der Waals surface area contributed by atoms with Crippen LogP contribution in [0.5, 0.6) is 0 Å². The summed E-state index contributed by atoms with van der Waals surface area (Å²) in [6, 6.07) is 3.87. The van der Waals surface area contributed by atoms with Crippen LogP contribution < -0.4 is 5.32 Å². The summed E-state index contributed by atoms with van der Waals surface area (Å²) < 4.78 is 12.8. The molecule has 1 atom stereocenters. The summed E-state index contributed by atoms with van der Waals surface area (Å²) in [4.78, 5) is 10.9. The van der Waals surface area contributed by atoms with Crippen LogP contribution >= 0.6 is 27.5 Å². The number of anilines is 1. The van der Waals surface area contributed by atoms with Crippen LogP contribution in [0.2, 0.25) is 5.02 Å². The highest BCUT2D eigenvalue weighted by Crippen LogP contribution is 2.18. The summed E-state index contributed by atoms with van der Waals surface area (Å²) in [5.41, 5.74) is 0.353. The van der Waals surface area contributed by atoms with Gasteiger partial charge in [0.15, 0.2) is 0 Å². The van der Waals surface area contributed by atoms with E-state index in [1.807, 2.05) is 0 Å². The van der Waals surface area contributed by atoms with Crippen LogP contribution in [0.1, 0.15) is 6.92 Å². The molecule has 2 nitrogen and oxygen atoms in total. The lowest BCUT2D eigenvalue weighted by molar-refractivity contribution is -0.115. The van der Waals surface area contributed by atoms with E-state index in [0.717, 1.165) is 0 Å². The summed E-state index contributed by atoms with van der Waals surface area (Å²) >= 11 is 8.71. The van der Waals surface area contributed by atoms with E-state index in [1.165, 1.54) is 18.2 Å². The maximum atomic E-state index is 12.8. The van der Waals surface area contributed by atoms with Crippen molar-refractivity contribution >= 4 is 39.1 Å². The predicted molar refractivity (Wildman–Crippen MR) is 58.4 cm³/mol. The monoisotopic (exact) mass is 279 g/mol. The van der Waals surface area contributed by atoms with Gasteiger partial charge in [0.25, 0.3) is 0 Å². The minimum Gasteiger partial charge on any atom is -0.325 e. The summed E-state index contributed by atoms with van der Waals surface area (Å²) in [5, 5.41) is 2.77. The van der Waals surface area contributed by atoms with Gasteiger partial charge in [-0.2, -0.15) is 0 Å². The van der Waals surface area contributed by atoms with E-state index >= 15 is 0 Å². The maximum Gasteiger partial charge on any atom is 0.237 e. The Morgan fingerprint density at radius 1 is 1.57 bits per heavy atom. The number of carbonyl (C=O) groups excluding carboxylic acids is 1. The lowest BCUT2D eigenvalue weighted by Crippen LogP contribution is -2.19. The van der Waals surface area contributed by atoms with Crippen molar-refractivity contribution in [1.82, 2.24) is 0 Å². The number of rotatable bonds is 2. The highest BCUT2D eigenvalue weighted by atomic mass is 79.9. The Morgan fingerprint density at radius 3 is 2.71 bits per heavy atom. The van der Waals surface area contributed by atoms with Gasteiger partial charge in [-0.15, -0.1) is 0 Å². The number of halogens is 3. The Hall–Kier alpha value is -0.610. The van der Waals surface area contributed by atoms with E-state index in [2.05, 4.69) is 21.2 Å². The lowest BCUT2D eigenvalue weighted by Gasteiger charge is -2.06. The molecule has 1 N–H and O–H groups in total. The molecular formula is C9H8BrClFNO. The van der Waals surface area contributed by atoms with E-state index in [0.29, 0.717) is 5.69 Å². The Bertz CT molecular complexity index is 336. The topological polar surface area (TPSA) is 29.1 Å². The smallest absolute Gasteiger partial charge is 0.237 e. The number of hydrogen-bond acceptors (Lipinski definition) is 1. The third kappa shape index (κ3) is 3.27. The number of benzene rings is 1. The zero-order valence-corrected chi connectivity index (χ0v) is 9.69. The molecule has 0 aliphatic carbocycles. The van der Waals surface area contributed by atoms with Gasteiger partial charge in [0.05, 0.1) is 4.83 Å². The van der Waals surface area contributed by atoms with E-state index in [1.54, 1.807) is 6.92 Å². The molecule has 0 saturated carbocycles. The van der Waals surface area contributed by atoms with E-state index in [9.17, 15) is 9.18 Å². The first-order chi connectivity index (χ1) is 6.49. The lowest BCUT2D eigenvalue weighted by atomic mass is 10.3. The molecule has 1 unspecified atom stereocenters. The van der Waals surface area contributed by atoms with Crippen molar-refractivity contribution in [2.24, 2.45) is 0 Å². The van der Waals surface area contributed by atoms with Crippen LogP contribution in [0.4, 0.5) is 10.1 Å². The average Bonchev–Trinajstić information content (AvgIpc) is 2.01. The molecule has 0 heterocycles. The second-order valence-electron chi connectivity index (χ2n) is 2.76. The molecule has 5 heteroatoms. The van der Waals surface area contributed by atoms with Crippen LogP contribution in [0.3, 0.4) is 0 Å². The minimum absolute atomic E-state index is 0.244. The van der Waals surface area contributed by atoms with Gasteiger partial charge in [-0.1, -0.05) is 27.5 Å². The van der Waals surface area contributed by atoms with Gasteiger partial charge in [0, 0.05) is 10.7 Å². The summed E-state index contributed by atoms with van der Waals surface area (Å²) in [6.07, 6.45) is 0. The Balaban J connectivity index is 2.82. The zero-order valence-electron chi connectivity index (χ0n) is 7.35. The zero-order chi connectivity index (χ0) is 10.7. The van der Waals surface area contributed by atoms with Gasteiger partial charge < -0.3 is 5.32 Å². The maximum absolute atomic E-state index is 12.8. The largest absolute Gasteiger partial charge is 0.325 e. The summed E-state index contributed by atoms with van der Waals surface area (Å²) in [7, 11) is 0. The van der Waals surface area contributed by atoms with Crippen molar-refractivity contribution in [1.29, 1.82) is 0 Å². The van der Waals surface area contributed by atoms with E-state index in [4.69, 9.17) is 11.6 Å². The number of hydrogen-bond donors (Lipinski definition) is 1. The Labute approximate surface area is 94.6 Å². The van der Waals surface area contributed by atoms with Crippen molar-refractivity contribution in [2.75, 3.05) is 5.32 Å². The molecule has 0 spiro atoms. The SMILES string of the molecule is CC(Br)C(=O)Nc1cc(F)cc(Cl)c1. The number of amides is 1. The fourth-order valence-electron chi connectivity index (χ4n) is 0.868. The third-order valence-corrected chi connectivity index (χ3v) is 2.13. The molecule has 1 amide bonds. The van der Waals surface area contributed by atoms with E-state index < -0.39 is 5.82 Å². The van der Waals surface area contributed by atoms with Gasteiger partial charge in [-0.05, 0) is 25.1 Å². The molecule has 0 aliphatic rings. The molecule has 0 radical (unpaired) electrons. The van der Waals surface area contributed by atoms with Crippen LogP contribution in [0.25, 0.3) is 0 Å². The van der Waals surface area contributed by atoms with Gasteiger partial charge >= 0.3 is 0 Å². The van der Waals surface area contributed by atoms with Crippen molar-refractivity contribution in [3.63, 3.8) is 0 Å². The molecule has 0 aliphatic heterocycles. The molecule has 1 aromatic carbocycles. The second kappa shape index (κ2) is 4.75. The van der Waals surface area contributed by atoms with Crippen molar-refractivity contribution in [2.45, 2.75) is 11.8 Å². The molecule has 0 fully saturated rings. The number of carbonyl (C=O) groups is 1. The summed E-state index contributed by atoms with van der Waals surface area (Å²) in [5.74, 6) is -0.721. The first-order valence-electron chi connectivity index (χ1n) is 3.90. The average molecular weight is 281 g/mol. The molecule has 0 saturated heterocycles. The standard InChI is InChI=1S/C9H8BrClFNO/c1-5(10)9(14)13-8-3-6(11)2-7(12)4-8/h2-5H,1H3,(H,13,14). The van der Waals surface area contributed by atoms with Crippen LogP contribution in [0, 0.1) is 5.82 Å². The van der Waals surface area contributed by atoms with Gasteiger partial charge in [-0.25, -0.2) is 4.39 Å². The van der Waals surface area contributed by atoms with Crippen LogP contribution in [-0.4, -0.2) is 10.7 Å². The number of nitrogens with one attached hydrogen (secondary N) is 1. The van der Waals surface area contributed by atoms with Gasteiger partial charge in [0.2, 0.25) is 5.91 Å². The highest BCUT2D eigenvalue weighted by Gasteiger charge is 2.09. The van der Waals surface area contributed by atoms with Crippen molar-refractivity contribution < 1.29 is 9.18 Å². The molecule has 76 valence electrons. The molecule has 1 rings (SSSR count). The highest BCUT2D eigenvalue weighted by molar-refractivity contribution is 9.10. The van der Waals surface area contributed by atoms with Gasteiger partial charge in [-0.3, -0.25) is 4.79 Å². The predicted octanol–water partition coefficient (Wildman–Crippen LogP) is 3.20. The molecule has 0 bridgehead atoms. The Morgan fingerprint density at radius 2 is 2.21 bits per heavy atom. The Kier molecular flexibility index (Phi) is 3.89.